The Morgan fingerprint density at radius 3 is 2.40 bits per heavy atom. The number of aliphatic hydroxyl groups is 1. The van der Waals surface area contributed by atoms with Crippen molar-refractivity contribution in [2.24, 2.45) is 0 Å². The maximum atomic E-state index is 8.77. The Morgan fingerprint density at radius 1 is 1.20 bits per heavy atom. The van der Waals surface area contributed by atoms with Crippen molar-refractivity contribution in [2.45, 2.75) is 6.42 Å². The molecule has 0 aliphatic rings. The summed E-state index contributed by atoms with van der Waals surface area (Å²) in [5.74, 6) is 0. The zero-order valence-corrected chi connectivity index (χ0v) is 9.53. The summed E-state index contributed by atoms with van der Waals surface area (Å²) in [4.78, 5) is 2.15. The van der Waals surface area contributed by atoms with Crippen LogP contribution < -0.4 is 5.32 Å². The minimum Gasteiger partial charge on any atom is -0.396 e. The number of anilines is 1. The monoisotopic (exact) mass is 208 g/mol. The SMILES string of the molecule is CN(C)CCNc1ccc(CCO)cc1. The van der Waals surface area contributed by atoms with Crippen LogP contribution in [0.2, 0.25) is 0 Å². The average Bonchev–Trinajstić information content (AvgIpc) is 2.20. The first-order valence-electron chi connectivity index (χ1n) is 5.31. The van der Waals surface area contributed by atoms with E-state index in [1.807, 2.05) is 12.1 Å². The maximum Gasteiger partial charge on any atom is 0.0471 e. The molecule has 0 saturated carbocycles. The van der Waals surface area contributed by atoms with Crippen LogP contribution in [0.25, 0.3) is 0 Å². The molecule has 0 amide bonds. The minimum absolute atomic E-state index is 0.216. The van der Waals surface area contributed by atoms with E-state index in [2.05, 4.69) is 36.4 Å². The predicted molar refractivity (Wildman–Crippen MR) is 64.3 cm³/mol. The quantitative estimate of drug-likeness (QED) is 0.737. The Hall–Kier alpha value is -1.06. The van der Waals surface area contributed by atoms with Crippen LogP contribution in [0.15, 0.2) is 24.3 Å². The van der Waals surface area contributed by atoms with Gasteiger partial charge in [0, 0.05) is 25.4 Å². The lowest BCUT2D eigenvalue weighted by Gasteiger charge is -2.11. The molecule has 1 rings (SSSR count). The van der Waals surface area contributed by atoms with Crippen molar-refractivity contribution in [1.29, 1.82) is 0 Å². The van der Waals surface area contributed by atoms with Crippen LogP contribution in [0.1, 0.15) is 5.56 Å². The summed E-state index contributed by atoms with van der Waals surface area (Å²) in [6.45, 7) is 2.19. The van der Waals surface area contributed by atoms with Crippen molar-refractivity contribution < 1.29 is 5.11 Å². The molecule has 84 valence electrons. The fourth-order valence-electron chi connectivity index (χ4n) is 1.34. The standard InChI is InChI=1S/C12H20N2O/c1-14(2)9-8-13-12-5-3-11(4-6-12)7-10-15/h3-6,13,15H,7-10H2,1-2H3. The number of aliphatic hydroxyl groups excluding tert-OH is 1. The van der Waals surface area contributed by atoms with Gasteiger partial charge in [0.1, 0.15) is 0 Å². The summed E-state index contributed by atoms with van der Waals surface area (Å²) in [6, 6.07) is 8.21. The number of hydrogen-bond acceptors (Lipinski definition) is 3. The summed E-state index contributed by atoms with van der Waals surface area (Å²) in [5, 5.41) is 12.1. The van der Waals surface area contributed by atoms with Crippen molar-refractivity contribution in [2.75, 3.05) is 39.1 Å². The number of hydrogen-bond donors (Lipinski definition) is 2. The highest BCUT2D eigenvalue weighted by Gasteiger charge is 1.94. The van der Waals surface area contributed by atoms with Crippen molar-refractivity contribution in [3.63, 3.8) is 0 Å². The van der Waals surface area contributed by atoms with E-state index < -0.39 is 0 Å². The van der Waals surface area contributed by atoms with Gasteiger partial charge in [-0.3, -0.25) is 0 Å². The van der Waals surface area contributed by atoms with Gasteiger partial charge in [0.25, 0.3) is 0 Å². The molecule has 3 nitrogen and oxygen atoms in total. The van der Waals surface area contributed by atoms with Crippen LogP contribution >= 0.6 is 0 Å². The number of rotatable bonds is 6. The normalized spacial score (nSPS) is 10.7. The van der Waals surface area contributed by atoms with Gasteiger partial charge in [-0.2, -0.15) is 0 Å². The van der Waals surface area contributed by atoms with Gasteiger partial charge >= 0.3 is 0 Å². The number of nitrogens with one attached hydrogen (secondary N) is 1. The molecule has 1 aromatic rings. The average molecular weight is 208 g/mol. The Labute approximate surface area is 91.7 Å². The van der Waals surface area contributed by atoms with Gasteiger partial charge in [0.15, 0.2) is 0 Å². The van der Waals surface area contributed by atoms with Crippen LogP contribution in [-0.2, 0) is 6.42 Å². The summed E-state index contributed by atoms with van der Waals surface area (Å²) < 4.78 is 0. The first kappa shape index (κ1) is 12.0. The first-order chi connectivity index (χ1) is 7.22. The Balaban J connectivity index is 2.36. The van der Waals surface area contributed by atoms with E-state index >= 15 is 0 Å². The second kappa shape index (κ2) is 6.43. The first-order valence-corrected chi connectivity index (χ1v) is 5.31. The third kappa shape index (κ3) is 4.81. The molecule has 0 saturated heterocycles. The van der Waals surface area contributed by atoms with Gasteiger partial charge in [-0.25, -0.2) is 0 Å². The Kier molecular flexibility index (Phi) is 5.15. The molecule has 3 heteroatoms. The van der Waals surface area contributed by atoms with Crippen molar-refractivity contribution in [3.8, 4) is 0 Å². The van der Waals surface area contributed by atoms with Crippen LogP contribution in [-0.4, -0.2) is 43.8 Å². The summed E-state index contributed by atoms with van der Waals surface area (Å²) in [6.07, 6.45) is 0.734. The molecular formula is C12H20N2O. The zero-order valence-electron chi connectivity index (χ0n) is 9.53. The molecule has 0 aliphatic heterocycles. The van der Waals surface area contributed by atoms with Crippen molar-refractivity contribution >= 4 is 5.69 Å². The summed E-state index contributed by atoms with van der Waals surface area (Å²) in [5.41, 5.74) is 2.31. The number of benzene rings is 1. The highest BCUT2D eigenvalue weighted by atomic mass is 16.2. The predicted octanol–water partition coefficient (Wildman–Crippen LogP) is 1.19. The van der Waals surface area contributed by atoms with Crippen LogP contribution in [0.3, 0.4) is 0 Å². The second-order valence-corrected chi connectivity index (χ2v) is 3.90. The number of nitrogens with zero attached hydrogens (tertiary/aromatic N) is 1. The van der Waals surface area contributed by atoms with E-state index in [4.69, 9.17) is 5.11 Å². The van der Waals surface area contributed by atoms with Gasteiger partial charge in [-0.1, -0.05) is 12.1 Å². The van der Waals surface area contributed by atoms with E-state index in [-0.39, 0.29) is 6.61 Å². The van der Waals surface area contributed by atoms with Crippen LogP contribution in [0.4, 0.5) is 5.69 Å². The molecule has 0 aliphatic carbocycles. The van der Waals surface area contributed by atoms with E-state index in [9.17, 15) is 0 Å². The molecule has 0 aromatic heterocycles. The highest BCUT2D eigenvalue weighted by Crippen LogP contribution is 2.09. The molecule has 0 unspecified atom stereocenters. The van der Waals surface area contributed by atoms with Crippen LogP contribution in [0.5, 0.6) is 0 Å². The fraction of sp³-hybridized carbons (Fsp3) is 0.500. The van der Waals surface area contributed by atoms with Crippen molar-refractivity contribution in [1.82, 2.24) is 4.90 Å². The lowest BCUT2D eigenvalue weighted by atomic mass is 10.1. The summed E-state index contributed by atoms with van der Waals surface area (Å²) >= 11 is 0. The Morgan fingerprint density at radius 2 is 1.87 bits per heavy atom. The largest absolute Gasteiger partial charge is 0.396 e. The maximum absolute atomic E-state index is 8.77. The fourth-order valence-corrected chi connectivity index (χ4v) is 1.34. The smallest absolute Gasteiger partial charge is 0.0471 e. The third-order valence-corrected chi connectivity index (χ3v) is 2.24. The molecule has 1 aromatic carbocycles. The molecule has 0 heterocycles. The van der Waals surface area contributed by atoms with E-state index in [0.717, 1.165) is 25.2 Å². The van der Waals surface area contributed by atoms with Gasteiger partial charge in [-0.15, -0.1) is 0 Å². The van der Waals surface area contributed by atoms with Gasteiger partial charge in [0.2, 0.25) is 0 Å². The number of likely N-dealkylation sites (N-methyl/N-ethyl adjacent to an activating group) is 1. The molecule has 0 atom stereocenters. The van der Waals surface area contributed by atoms with Crippen molar-refractivity contribution in [3.05, 3.63) is 29.8 Å². The van der Waals surface area contributed by atoms with E-state index in [0.29, 0.717) is 0 Å². The van der Waals surface area contributed by atoms with E-state index in [1.54, 1.807) is 0 Å². The molecule has 0 radical (unpaired) electrons. The van der Waals surface area contributed by atoms with Crippen LogP contribution in [0, 0.1) is 0 Å². The summed E-state index contributed by atoms with van der Waals surface area (Å²) in [7, 11) is 4.12. The molecule has 0 bridgehead atoms. The molecular weight excluding hydrogens is 188 g/mol. The van der Waals surface area contributed by atoms with Gasteiger partial charge in [0.05, 0.1) is 0 Å². The second-order valence-electron chi connectivity index (χ2n) is 3.90. The molecule has 0 spiro atoms. The topological polar surface area (TPSA) is 35.5 Å². The molecule has 15 heavy (non-hydrogen) atoms. The molecule has 2 N–H and O–H groups in total. The van der Waals surface area contributed by atoms with Gasteiger partial charge < -0.3 is 15.3 Å². The molecule has 0 fully saturated rings. The van der Waals surface area contributed by atoms with E-state index in [1.165, 1.54) is 5.56 Å². The zero-order chi connectivity index (χ0) is 11.1. The Bertz CT molecular complexity index is 269. The third-order valence-electron chi connectivity index (χ3n) is 2.24. The minimum atomic E-state index is 0.216. The lowest BCUT2D eigenvalue weighted by molar-refractivity contribution is 0.299. The van der Waals surface area contributed by atoms with Gasteiger partial charge in [-0.05, 0) is 38.2 Å². The lowest BCUT2D eigenvalue weighted by Crippen LogP contribution is -2.20. The highest BCUT2D eigenvalue weighted by molar-refractivity contribution is 5.44.